The molecule has 0 aromatic rings. The van der Waals surface area contributed by atoms with Crippen molar-refractivity contribution < 1.29 is 19.5 Å². The van der Waals surface area contributed by atoms with Crippen molar-refractivity contribution in [2.24, 2.45) is 0 Å². The minimum Gasteiger partial charge on any atom is -0.480 e. The van der Waals surface area contributed by atoms with Gasteiger partial charge in [-0.25, -0.2) is 4.79 Å². The summed E-state index contributed by atoms with van der Waals surface area (Å²) in [4.78, 5) is 36.9. The SMILES string of the molecule is CCCN(CC(=O)O)C(=O)NC1CCC(=O)N(C)C1. The van der Waals surface area contributed by atoms with Crippen LogP contribution in [-0.2, 0) is 9.59 Å². The number of urea groups is 1. The van der Waals surface area contributed by atoms with Gasteiger partial charge in [0.15, 0.2) is 0 Å². The van der Waals surface area contributed by atoms with Crippen LogP contribution in [0.3, 0.4) is 0 Å². The maximum Gasteiger partial charge on any atom is 0.323 e. The molecule has 3 amide bonds. The van der Waals surface area contributed by atoms with Crippen LogP contribution in [0.5, 0.6) is 0 Å². The van der Waals surface area contributed by atoms with Crippen molar-refractivity contribution in [2.45, 2.75) is 32.2 Å². The summed E-state index contributed by atoms with van der Waals surface area (Å²) in [6.07, 6.45) is 1.71. The molecule has 2 N–H and O–H groups in total. The second-order valence-corrected chi connectivity index (χ2v) is 4.77. The molecule has 19 heavy (non-hydrogen) atoms. The summed E-state index contributed by atoms with van der Waals surface area (Å²) in [6.45, 7) is 2.45. The largest absolute Gasteiger partial charge is 0.480 e. The molecule has 0 aromatic heterocycles. The number of nitrogens with zero attached hydrogens (tertiary/aromatic N) is 2. The van der Waals surface area contributed by atoms with Gasteiger partial charge in [0, 0.05) is 32.6 Å². The second-order valence-electron chi connectivity index (χ2n) is 4.77. The highest BCUT2D eigenvalue weighted by Crippen LogP contribution is 2.10. The molecule has 0 bridgehead atoms. The second kappa shape index (κ2) is 6.96. The normalized spacial score (nSPS) is 19.2. The number of likely N-dealkylation sites (N-methyl/N-ethyl adjacent to an activating group) is 1. The van der Waals surface area contributed by atoms with Crippen LogP contribution in [-0.4, -0.2) is 65.5 Å². The summed E-state index contributed by atoms with van der Waals surface area (Å²) >= 11 is 0. The fourth-order valence-electron chi connectivity index (χ4n) is 2.08. The molecule has 7 nitrogen and oxygen atoms in total. The number of likely N-dealkylation sites (tertiary alicyclic amines) is 1. The van der Waals surface area contributed by atoms with Crippen molar-refractivity contribution in [3.05, 3.63) is 0 Å². The number of nitrogens with one attached hydrogen (secondary N) is 1. The van der Waals surface area contributed by atoms with E-state index >= 15 is 0 Å². The molecule has 1 aliphatic heterocycles. The van der Waals surface area contributed by atoms with Crippen molar-refractivity contribution >= 4 is 17.9 Å². The number of carboxylic acid groups (broad SMARTS) is 1. The summed E-state index contributed by atoms with van der Waals surface area (Å²) in [7, 11) is 1.70. The van der Waals surface area contributed by atoms with E-state index in [1.165, 1.54) is 4.90 Å². The van der Waals surface area contributed by atoms with Crippen LogP contribution in [0.25, 0.3) is 0 Å². The van der Waals surface area contributed by atoms with Gasteiger partial charge in [-0.1, -0.05) is 6.92 Å². The number of piperidine rings is 1. The first-order valence-corrected chi connectivity index (χ1v) is 6.45. The average molecular weight is 271 g/mol. The zero-order chi connectivity index (χ0) is 14.4. The zero-order valence-corrected chi connectivity index (χ0v) is 11.4. The lowest BCUT2D eigenvalue weighted by atomic mass is 10.1. The molecule has 0 radical (unpaired) electrons. The van der Waals surface area contributed by atoms with Crippen molar-refractivity contribution in [2.75, 3.05) is 26.7 Å². The Morgan fingerprint density at radius 3 is 2.74 bits per heavy atom. The summed E-state index contributed by atoms with van der Waals surface area (Å²) in [5, 5.41) is 11.6. The van der Waals surface area contributed by atoms with Crippen LogP contribution in [0.1, 0.15) is 26.2 Å². The average Bonchev–Trinajstić information content (AvgIpc) is 2.33. The minimum absolute atomic E-state index is 0.0708. The van der Waals surface area contributed by atoms with Gasteiger partial charge in [0.1, 0.15) is 6.54 Å². The standard InChI is InChI=1S/C12H21N3O4/c1-3-6-15(8-11(17)18)12(19)13-9-4-5-10(16)14(2)7-9/h9H,3-8H2,1-2H3,(H,13,19)(H,17,18). The summed E-state index contributed by atoms with van der Waals surface area (Å²) < 4.78 is 0. The molecule has 0 aromatic carbocycles. The van der Waals surface area contributed by atoms with Crippen LogP contribution < -0.4 is 5.32 Å². The van der Waals surface area contributed by atoms with Gasteiger partial charge in [0.05, 0.1) is 0 Å². The molecule has 1 fully saturated rings. The molecule has 108 valence electrons. The van der Waals surface area contributed by atoms with Gasteiger partial charge < -0.3 is 20.2 Å². The minimum atomic E-state index is -1.03. The van der Waals surface area contributed by atoms with E-state index in [4.69, 9.17) is 5.11 Å². The van der Waals surface area contributed by atoms with Gasteiger partial charge in [0.2, 0.25) is 5.91 Å². The molecule has 1 atom stereocenters. The number of amides is 3. The van der Waals surface area contributed by atoms with E-state index in [-0.39, 0.29) is 24.5 Å². The highest BCUT2D eigenvalue weighted by molar-refractivity contribution is 5.81. The number of rotatable bonds is 5. The number of carboxylic acids is 1. The Hall–Kier alpha value is -1.79. The molecule has 1 saturated heterocycles. The summed E-state index contributed by atoms with van der Waals surface area (Å²) in [5.41, 5.74) is 0. The molecule has 1 aliphatic rings. The molecular weight excluding hydrogens is 250 g/mol. The van der Waals surface area contributed by atoms with E-state index in [0.29, 0.717) is 32.4 Å². The fourth-order valence-corrected chi connectivity index (χ4v) is 2.08. The number of aliphatic carboxylic acids is 1. The van der Waals surface area contributed by atoms with Gasteiger partial charge in [-0.15, -0.1) is 0 Å². The summed E-state index contributed by atoms with van der Waals surface area (Å²) in [5.74, 6) is -0.957. The van der Waals surface area contributed by atoms with Crippen LogP contribution in [0.4, 0.5) is 4.79 Å². The number of carbonyl (C=O) groups is 3. The van der Waals surface area contributed by atoms with Crippen molar-refractivity contribution in [3.63, 3.8) is 0 Å². The third-order valence-corrected chi connectivity index (χ3v) is 3.06. The first-order chi connectivity index (χ1) is 8.93. The predicted molar refractivity (Wildman–Crippen MR) is 68.7 cm³/mol. The molecular formula is C12H21N3O4. The van der Waals surface area contributed by atoms with Gasteiger partial charge in [-0.05, 0) is 12.8 Å². The zero-order valence-electron chi connectivity index (χ0n) is 11.4. The van der Waals surface area contributed by atoms with Crippen molar-refractivity contribution in [1.29, 1.82) is 0 Å². The lowest BCUT2D eigenvalue weighted by Crippen LogP contribution is -2.52. The number of hydrogen-bond donors (Lipinski definition) is 2. The molecule has 1 heterocycles. The van der Waals surface area contributed by atoms with Crippen LogP contribution in [0, 0.1) is 0 Å². The Morgan fingerprint density at radius 1 is 1.53 bits per heavy atom. The van der Waals surface area contributed by atoms with Gasteiger partial charge in [-0.3, -0.25) is 9.59 Å². The number of hydrogen-bond acceptors (Lipinski definition) is 3. The van der Waals surface area contributed by atoms with E-state index in [0.717, 1.165) is 0 Å². The Labute approximate surface area is 112 Å². The lowest BCUT2D eigenvalue weighted by molar-refractivity contribution is -0.137. The quantitative estimate of drug-likeness (QED) is 0.743. The Morgan fingerprint density at radius 2 is 2.21 bits per heavy atom. The van der Waals surface area contributed by atoms with Gasteiger partial charge in [0.25, 0.3) is 0 Å². The first kappa shape index (κ1) is 15.3. The van der Waals surface area contributed by atoms with Crippen LogP contribution >= 0.6 is 0 Å². The van der Waals surface area contributed by atoms with Gasteiger partial charge >= 0.3 is 12.0 Å². The topological polar surface area (TPSA) is 90.0 Å². The first-order valence-electron chi connectivity index (χ1n) is 6.45. The lowest BCUT2D eigenvalue weighted by Gasteiger charge is -2.32. The highest BCUT2D eigenvalue weighted by atomic mass is 16.4. The molecule has 0 aliphatic carbocycles. The maximum absolute atomic E-state index is 12.0. The fraction of sp³-hybridized carbons (Fsp3) is 0.750. The molecule has 1 rings (SSSR count). The predicted octanol–water partition coefficient (Wildman–Crippen LogP) is 0.113. The van der Waals surface area contributed by atoms with Crippen molar-refractivity contribution in [1.82, 2.24) is 15.1 Å². The Kier molecular flexibility index (Phi) is 5.59. The molecule has 1 unspecified atom stereocenters. The van der Waals surface area contributed by atoms with Gasteiger partial charge in [-0.2, -0.15) is 0 Å². The van der Waals surface area contributed by atoms with Crippen LogP contribution in [0.2, 0.25) is 0 Å². The third-order valence-electron chi connectivity index (χ3n) is 3.06. The molecule has 7 heteroatoms. The monoisotopic (exact) mass is 271 g/mol. The summed E-state index contributed by atoms with van der Waals surface area (Å²) in [6, 6.07) is -0.486. The third kappa shape index (κ3) is 4.76. The molecule has 0 spiro atoms. The van der Waals surface area contributed by atoms with E-state index < -0.39 is 5.97 Å². The smallest absolute Gasteiger partial charge is 0.323 e. The van der Waals surface area contributed by atoms with E-state index in [1.807, 2.05) is 6.92 Å². The van der Waals surface area contributed by atoms with E-state index in [1.54, 1.807) is 11.9 Å². The van der Waals surface area contributed by atoms with Crippen LogP contribution in [0.15, 0.2) is 0 Å². The van der Waals surface area contributed by atoms with E-state index in [9.17, 15) is 14.4 Å². The number of carbonyl (C=O) groups excluding carboxylic acids is 2. The van der Waals surface area contributed by atoms with Crippen molar-refractivity contribution in [3.8, 4) is 0 Å². The maximum atomic E-state index is 12.0. The Balaban J connectivity index is 2.51. The van der Waals surface area contributed by atoms with E-state index in [2.05, 4.69) is 5.32 Å². The molecule has 0 saturated carbocycles. The Bertz CT molecular complexity index is 359. The highest BCUT2D eigenvalue weighted by Gasteiger charge is 2.26.